The van der Waals surface area contributed by atoms with Gasteiger partial charge in [0.2, 0.25) is 0 Å². The van der Waals surface area contributed by atoms with Crippen molar-refractivity contribution < 1.29 is 47.5 Å². The Morgan fingerprint density at radius 2 is 0.860 bits per heavy atom. The van der Waals surface area contributed by atoms with Gasteiger partial charge in [-0.05, 0) is 24.0 Å². The molecule has 7 heteroatoms. The molecule has 2 heterocycles. The summed E-state index contributed by atoms with van der Waals surface area (Å²) in [6.07, 6.45) is 31.4. The van der Waals surface area contributed by atoms with Crippen LogP contribution < -0.4 is 0 Å². The summed E-state index contributed by atoms with van der Waals surface area (Å²) in [6.45, 7) is 6.02. The van der Waals surface area contributed by atoms with E-state index in [4.69, 9.17) is 10.2 Å². The molecule has 0 unspecified atom stereocenters. The second kappa shape index (κ2) is 28.9. The molecule has 0 aliphatic carbocycles. The Morgan fingerprint density at radius 1 is 0.558 bits per heavy atom. The Morgan fingerprint density at radius 3 is 1.16 bits per heavy atom. The molecule has 0 atom stereocenters. The van der Waals surface area contributed by atoms with E-state index in [1.54, 1.807) is 0 Å². The van der Waals surface area contributed by atoms with Gasteiger partial charge in [0.1, 0.15) is 0 Å². The van der Waals surface area contributed by atoms with E-state index >= 15 is 0 Å². The van der Waals surface area contributed by atoms with Gasteiger partial charge in [-0.2, -0.15) is 0 Å². The summed E-state index contributed by atoms with van der Waals surface area (Å²) in [6, 6.07) is 4.22. The molecular weight excluding hydrogens is 725 g/mol. The van der Waals surface area contributed by atoms with Gasteiger partial charge in [0.25, 0.3) is 0 Å². The Kier molecular flexibility index (Phi) is 27.7. The summed E-state index contributed by atoms with van der Waals surface area (Å²) in [5.41, 5.74) is 4.51. The first-order valence-corrected chi connectivity index (χ1v) is 16.8. The van der Waals surface area contributed by atoms with Crippen molar-refractivity contribution in [2.24, 2.45) is 0 Å². The van der Waals surface area contributed by atoms with Gasteiger partial charge in [0.05, 0.1) is 0 Å². The maximum Gasteiger partial charge on any atom is 2.00 e. The number of carbonyl (C=O) groups is 2. The first-order valence-electron chi connectivity index (χ1n) is 16.8. The van der Waals surface area contributed by atoms with Crippen molar-refractivity contribution in [3.63, 3.8) is 0 Å². The Hall–Kier alpha value is -1.82. The molecule has 3 rings (SSSR count). The molecule has 238 valence electrons. The first-order chi connectivity index (χ1) is 20.5. The second-order valence-corrected chi connectivity index (χ2v) is 11.4. The van der Waals surface area contributed by atoms with Crippen LogP contribution in [0.3, 0.4) is 0 Å². The Bertz CT molecular complexity index is 844. The van der Waals surface area contributed by atoms with Crippen LogP contribution in [0.15, 0.2) is 24.3 Å². The minimum atomic E-state index is -0.659. The van der Waals surface area contributed by atoms with Crippen molar-refractivity contribution in [3.8, 4) is 0 Å². The van der Waals surface area contributed by atoms with E-state index in [0.29, 0.717) is 12.8 Å². The molecule has 0 amide bonds. The summed E-state index contributed by atoms with van der Waals surface area (Å²) in [5.74, 6) is -1.32. The molecule has 43 heavy (non-hydrogen) atoms. The van der Waals surface area contributed by atoms with Crippen molar-refractivity contribution in [1.29, 1.82) is 0 Å². The number of carboxylic acid groups (broad SMARTS) is 2. The molecule has 6 nitrogen and oxygen atoms in total. The number of nitrogens with zero attached hydrogens (tertiary/aromatic N) is 2. The third-order valence-corrected chi connectivity index (χ3v) is 7.51. The number of carboxylic acids is 2. The molecule has 0 saturated carbocycles. The molecule has 0 spiro atoms. The van der Waals surface area contributed by atoms with E-state index in [-0.39, 0.29) is 27.7 Å². The second-order valence-electron chi connectivity index (χ2n) is 11.4. The quantitative estimate of drug-likeness (QED) is 0.102. The predicted molar refractivity (Wildman–Crippen MR) is 179 cm³/mol. The zero-order chi connectivity index (χ0) is 30.7. The maximum absolute atomic E-state index is 10.2. The van der Waals surface area contributed by atoms with Gasteiger partial charge in [-0.15, -0.1) is 36.6 Å². The predicted octanol–water partition coefficient (Wildman–Crippen LogP) is 11.7. The van der Waals surface area contributed by atoms with Gasteiger partial charge in [0.15, 0.2) is 0 Å². The number of benzene rings is 1. The number of fused-ring (bicyclic) bond motifs is 3. The van der Waals surface area contributed by atoms with Gasteiger partial charge in [-0.3, -0.25) is 9.59 Å². The van der Waals surface area contributed by atoms with Crippen LogP contribution in [0.5, 0.6) is 0 Å². The third-order valence-electron chi connectivity index (χ3n) is 7.51. The van der Waals surface area contributed by atoms with Crippen molar-refractivity contribution in [2.75, 3.05) is 13.1 Å². The molecule has 0 radical (unpaired) electrons. The molecule has 1 aromatic rings. The van der Waals surface area contributed by atoms with Crippen LogP contribution in [-0.4, -0.2) is 35.2 Å². The Labute approximate surface area is 283 Å². The van der Waals surface area contributed by atoms with Gasteiger partial charge >= 0.3 is 39.6 Å². The summed E-state index contributed by atoms with van der Waals surface area (Å²) in [5, 5.41) is 25.8. The number of aliphatic carboxylic acids is 2. The molecule has 2 aliphatic rings. The third kappa shape index (κ3) is 22.4. The minimum absolute atomic E-state index is 0. The average molecular weight is 783 g/mol. The molecule has 2 aliphatic heterocycles. The SMILES string of the molecule is C1=Cc2ccc3c(c2[N-]C1)[N-]CC=C3.CCCCCCCCCCCC(=O)O.CCCCCCCCCCCC(=O)O.[Hg+2]. The number of rotatable bonds is 20. The van der Waals surface area contributed by atoms with E-state index in [1.807, 2.05) is 0 Å². The summed E-state index contributed by atoms with van der Waals surface area (Å²) >= 11 is 0. The van der Waals surface area contributed by atoms with Crippen molar-refractivity contribution in [3.05, 3.63) is 46.0 Å². The molecule has 0 saturated heterocycles. The smallest absolute Gasteiger partial charge is 0.682 e. The van der Waals surface area contributed by atoms with E-state index in [0.717, 1.165) is 50.1 Å². The van der Waals surface area contributed by atoms with E-state index < -0.39 is 11.9 Å². The zero-order valence-corrected chi connectivity index (χ0v) is 32.8. The van der Waals surface area contributed by atoms with Crippen LogP contribution >= 0.6 is 0 Å². The molecule has 2 N–H and O–H groups in total. The van der Waals surface area contributed by atoms with Gasteiger partial charge in [-0.25, -0.2) is 0 Å². The van der Waals surface area contributed by atoms with Crippen LogP contribution in [0.1, 0.15) is 153 Å². The largest absolute Gasteiger partial charge is 2.00 e. The first kappa shape index (κ1) is 41.2. The molecule has 0 fully saturated rings. The van der Waals surface area contributed by atoms with Crippen LogP contribution in [0.2, 0.25) is 0 Å². The van der Waals surface area contributed by atoms with Crippen LogP contribution in [0.25, 0.3) is 22.8 Å². The minimum Gasteiger partial charge on any atom is -0.682 e. The molecular formula is C36H58HgN2O4. The topological polar surface area (TPSA) is 103 Å². The molecule has 0 aromatic heterocycles. The van der Waals surface area contributed by atoms with Crippen molar-refractivity contribution >= 4 is 35.5 Å². The van der Waals surface area contributed by atoms with Gasteiger partial charge in [0, 0.05) is 12.8 Å². The number of hydrogen-bond acceptors (Lipinski definition) is 2. The summed E-state index contributed by atoms with van der Waals surface area (Å²) < 4.78 is 0. The van der Waals surface area contributed by atoms with Gasteiger partial charge < -0.3 is 20.8 Å². The Balaban J connectivity index is 0.000000608. The normalized spacial score (nSPS) is 12.1. The fourth-order valence-corrected chi connectivity index (χ4v) is 5.03. The van der Waals surface area contributed by atoms with Crippen LogP contribution in [0, 0.1) is 0 Å². The van der Waals surface area contributed by atoms with Crippen molar-refractivity contribution in [1.82, 2.24) is 0 Å². The standard InChI is InChI=1S/C12H10N2.2C12H24O2.Hg/c1-3-9-5-6-10-4-2-8-14-12(10)11(9)13-7-1;2*1-2-3-4-5-6-7-8-9-10-11-12(13)14;/h1-6H,7-8H2;2*2-11H2,1H3,(H,13,14);/q-2;;;+2. The maximum atomic E-state index is 10.2. The fourth-order valence-electron chi connectivity index (χ4n) is 5.03. The van der Waals surface area contributed by atoms with E-state index in [1.165, 1.54) is 101 Å². The number of hydrogen-bond donors (Lipinski definition) is 2. The molecule has 0 bridgehead atoms. The summed E-state index contributed by atoms with van der Waals surface area (Å²) in [7, 11) is 0. The van der Waals surface area contributed by atoms with E-state index in [9.17, 15) is 9.59 Å². The van der Waals surface area contributed by atoms with E-state index in [2.05, 4.69) is 60.9 Å². The number of unbranched alkanes of at least 4 members (excludes halogenated alkanes) is 16. The zero-order valence-electron chi connectivity index (χ0n) is 27.3. The summed E-state index contributed by atoms with van der Waals surface area (Å²) in [4.78, 5) is 20.4. The fraction of sp³-hybridized carbons (Fsp3) is 0.667. The van der Waals surface area contributed by atoms with Crippen molar-refractivity contribution in [2.45, 2.75) is 142 Å². The molecule has 1 aromatic carbocycles. The van der Waals surface area contributed by atoms with Crippen LogP contribution in [0.4, 0.5) is 11.4 Å². The monoisotopic (exact) mass is 784 g/mol. The van der Waals surface area contributed by atoms with Gasteiger partial charge in [-0.1, -0.05) is 141 Å². The average Bonchev–Trinajstić information content (AvgIpc) is 3.00. The van der Waals surface area contributed by atoms with Crippen LogP contribution in [-0.2, 0) is 37.3 Å².